The molecule has 2 aliphatic rings. The van der Waals surface area contributed by atoms with Gasteiger partial charge in [0, 0.05) is 24.5 Å². The Morgan fingerprint density at radius 1 is 1.05 bits per heavy atom. The first-order chi connectivity index (χ1) is 17.9. The van der Waals surface area contributed by atoms with Gasteiger partial charge in [-0.3, -0.25) is 18.7 Å². The van der Waals surface area contributed by atoms with Gasteiger partial charge in [-0.15, -0.1) is 0 Å². The van der Waals surface area contributed by atoms with Crippen LogP contribution in [0.1, 0.15) is 75.4 Å². The summed E-state index contributed by atoms with van der Waals surface area (Å²) in [6.45, 7) is 2.05. The molecule has 37 heavy (non-hydrogen) atoms. The van der Waals surface area contributed by atoms with E-state index in [4.69, 9.17) is 0 Å². The summed E-state index contributed by atoms with van der Waals surface area (Å²) in [5.74, 6) is 1.43. The lowest BCUT2D eigenvalue weighted by Gasteiger charge is -2.32. The summed E-state index contributed by atoms with van der Waals surface area (Å²) < 4.78 is 17.1. The van der Waals surface area contributed by atoms with Crippen LogP contribution in [0.15, 0.2) is 52.2 Å². The molecule has 5 rings (SSSR count). The summed E-state index contributed by atoms with van der Waals surface area (Å²) in [4.78, 5) is 44.0. The van der Waals surface area contributed by atoms with E-state index in [1.54, 1.807) is 4.57 Å². The number of halogens is 1. The molecule has 1 amide bonds. The van der Waals surface area contributed by atoms with Crippen LogP contribution in [0.4, 0.5) is 4.39 Å². The zero-order valence-electron chi connectivity index (χ0n) is 21.1. The Labute approximate surface area is 219 Å². The van der Waals surface area contributed by atoms with Crippen molar-refractivity contribution in [3.8, 4) is 0 Å². The number of hydrogen-bond acceptors (Lipinski definition) is 5. The molecular weight excluding hydrogens is 491 g/mol. The fourth-order valence-corrected chi connectivity index (χ4v) is 6.82. The minimum Gasteiger partial charge on any atom is -0.353 e. The molecule has 0 bridgehead atoms. The van der Waals surface area contributed by atoms with Crippen molar-refractivity contribution in [3.63, 3.8) is 0 Å². The van der Waals surface area contributed by atoms with Crippen LogP contribution in [-0.2, 0) is 4.79 Å². The molecule has 196 valence electrons. The number of benzene rings is 1. The van der Waals surface area contributed by atoms with Crippen LogP contribution in [-0.4, -0.2) is 37.6 Å². The maximum absolute atomic E-state index is 14.1. The molecule has 2 fully saturated rings. The van der Waals surface area contributed by atoms with E-state index in [0.717, 1.165) is 36.1 Å². The molecule has 7 nitrogen and oxygen atoms in total. The second kappa shape index (κ2) is 11.2. The summed E-state index contributed by atoms with van der Waals surface area (Å²) in [7, 11) is 0. The van der Waals surface area contributed by atoms with Crippen molar-refractivity contribution in [3.05, 3.63) is 74.8 Å². The Bertz CT molecular complexity index is 1380. The molecule has 1 aromatic carbocycles. The number of thioether (sulfide) groups is 1. The summed E-state index contributed by atoms with van der Waals surface area (Å²) in [6.07, 6.45) is 5.69. The van der Waals surface area contributed by atoms with Gasteiger partial charge >= 0.3 is 5.69 Å². The molecule has 1 atom stereocenters. The second-order valence-electron chi connectivity index (χ2n) is 10.3. The third kappa shape index (κ3) is 5.51. The number of rotatable bonds is 6. The van der Waals surface area contributed by atoms with Crippen LogP contribution in [0.25, 0.3) is 11.0 Å². The van der Waals surface area contributed by atoms with E-state index in [1.165, 1.54) is 10.6 Å². The molecule has 1 N–H and O–H groups in total. The maximum Gasteiger partial charge on any atom is 0.333 e. The first kappa shape index (κ1) is 25.7. The SMILES string of the molecule is CC(CC(=O)NC1CCC(n2c(=O)c3cc(F)cnc3n(C3CCSCC3)c2=O)CC1)c1ccccc1. The number of carbonyl (C=O) groups excluding carboxylic acids is 1. The molecule has 2 aromatic heterocycles. The third-order valence-electron chi connectivity index (χ3n) is 7.77. The lowest BCUT2D eigenvalue weighted by Crippen LogP contribution is -2.46. The van der Waals surface area contributed by atoms with Crippen LogP contribution in [0.3, 0.4) is 0 Å². The maximum atomic E-state index is 14.1. The molecular formula is C28H33FN4O3S. The third-order valence-corrected chi connectivity index (χ3v) is 8.81. The standard InChI is InChI=1S/C28H33FN4O3S/c1-18(19-5-3-2-4-6-19)15-25(34)31-21-7-9-22(10-8-21)33-27(35)24-16-20(29)17-30-26(24)32(28(33)36)23-11-13-37-14-12-23/h2-6,16-18,21-23H,7-15H2,1H3,(H,31,34). The quantitative estimate of drug-likeness (QED) is 0.511. The Balaban J connectivity index is 1.33. The van der Waals surface area contributed by atoms with E-state index in [2.05, 4.69) is 10.3 Å². The molecule has 9 heteroatoms. The van der Waals surface area contributed by atoms with Crippen molar-refractivity contribution in [2.45, 2.75) is 75.9 Å². The highest BCUT2D eigenvalue weighted by atomic mass is 32.2. The molecule has 1 saturated heterocycles. The van der Waals surface area contributed by atoms with Crippen molar-refractivity contribution in [1.82, 2.24) is 19.4 Å². The summed E-state index contributed by atoms with van der Waals surface area (Å²) in [6, 6.07) is 10.9. The van der Waals surface area contributed by atoms with Crippen LogP contribution < -0.4 is 16.6 Å². The first-order valence-corrected chi connectivity index (χ1v) is 14.3. The Morgan fingerprint density at radius 3 is 2.43 bits per heavy atom. The number of amides is 1. The lowest BCUT2D eigenvalue weighted by atomic mass is 9.90. The highest BCUT2D eigenvalue weighted by molar-refractivity contribution is 7.99. The van der Waals surface area contributed by atoms with E-state index in [9.17, 15) is 18.8 Å². The number of nitrogens with zero attached hydrogens (tertiary/aromatic N) is 3. The summed E-state index contributed by atoms with van der Waals surface area (Å²) in [5.41, 5.74) is 0.587. The van der Waals surface area contributed by atoms with Crippen molar-refractivity contribution in [2.24, 2.45) is 0 Å². The first-order valence-electron chi connectivity index (χ1n) is 13.2. The monoisotopic (exact) mass is 524 g/mol. The highest BCUT2D eigenvalue weighted by Crippen LogP contribution is 2.30. The largest absolute Gasteiger partial charge is 0.353 e. The van der Waals surface area contributed by atoms with Gasteiger partial charge in [0.25, 0.3) is 5.56 Å². The zero-order chi connectivity index (χ0) is 25.9. The molecule has 3 aromatic rings. The number of fused-ring (bicyclic) bond motifs is 1. The Hall–Kier alpha value is -2.94. The normalized spacial score (nSPS) is 21.6. The minimum absolute atomic E-state index is 0.0135. The van der Waals surface area contributed by atoms with Crippen LogP contribution in [0.5, 0.6) is 0 Å². The number of hydrogen-bond donors (Lipinski definition) is 1. The fourth-order valence-electron chi connectivity index (χ4n) is 5.74. The fraction of sp³-hybridized carbons (Fsp3) is 0.500. The van der Waals surface area contributed by atoms with Crippen LogP contribution in [0, 0.1) is 5.82 Å². The summed E-state index contributed by atoms with van der Waals surface area (Å²) in [5, 5.41) is 3.31. The molecule has 1 aliphatic carbocycles. The average molecular weight is 525 g/mol. The lowest BCUT2D eigenvalue weighted by molar-refractivity contribution is -0.122. The average Bonchev–Trinajstić information content (AvgIpc) is 2.91. The number of nitrogens with one attached hydrogen (secondary N) is 1. The van der Waals surface area contributed by atoms with Gasteiger partial charge in [0.15, 0.2) is 0 Å². The van der Waals surface area contributed by atoms with Crippen LogP contribution >= 0.6 is 11.8 Å². The molecule has 1 saturated carbocycles. The smallest absolute Gasteiger partial charge is 0.333 e. The van der Waals surface area contributed by atoms with Crippen molar-refractivity contribution in [1.29, 1.82) is 0 Å². The van der Waals surface area contributed by atoms with E-state index < -0.39 is 11.4 Å². The Morgan fingerprint density at radius 2 is 1.73 bits per heavy atom. The van der Waals surface area contributed by atoms with E-state index in [0.29, 0.717) is 32.1 Å². The zero-order valence-corrected chi connectivity index (χ0v) is 21.9. The molecule has 3 heterocycles. The van der Waals surface area contributed by atoms with Crippen molar-refractivity contribution >= 4 is 28.7 Å². The van der Waals surface area contributed by atoms with E-state index in [1.807, 2.05) is 49.0 Å². The van der Waals surface area contributed by atoms with Gasteiger partial charge in [0.2, 0.25) is 5.91 Å². The van der Waals surface area contributed by atoms with E-state index in [-0.39, 0.29) is 46.7 Å². The number of aromatic nitrogens is 3. The molecule has 1 unspecified atom stereocenters. The minimum atomic E-state index is -0.586. The van der Waals surface area contributed by atoms with Gasteiger partial charge in [0.1, 0.15) is 11.5 Å². The van der Waals surface area contributed by atoms with E-state index >= 15 is 0 Å². The Kier molecular flexibility index (Phi) is 7.79. The van der Waals surface area contributed by atoms with Gasteiger partial charge < -0.3 is 5.32 Å². The number of carbonyl (C=O) groups is 1. The van der Waals surface area contributed by atoms with Gasteiger partial charge in [0.05, 0.1) is 11.6 Å². The van der Waals surface area contributed by atoms with Crippen LogP contribution in [0.2, 0.25) is 0 Å². The van der Waals surface area contributed by atoms with Crippen molar-refractivity contribution in [2.75, 3.05) is 11.5 Å². The number of pyridine rings is 1. The highest BCUT2D eigenvalue weighted by Gasteiger charge is 2.29. The molecule has 0 spiro atoms. The van der Waals surface area contributed by atoms with Gasteiger partial charge in [-0.25, -0.2) is 14.2 Å². The molecule has 1 aliphatic heterocycles. The topological polar surface area (TPSA) is 86.0 Å². The predicted octanol–water partition coefficient (Wildman–Crippen LogP) is 4.56. The van der Waals surface area contributed by atoms with Gasteiger partial charge in [-0.05, 0) is 67.6 Å². The van der Waals surface area contributed by atoms with Gasteiger partial charge in [-0.2, -0.15) is 11.8 Å². The van der Waals surface area contributed by atoms with Crippen molar-refractivity contribution < 1.29 is 9.18 Å². The summed E-state index contributed by atoms with van der Waals surface area (Å²) >= 11 is 1.85. The predicted molar refractivity (Wildman–Crippen MR) is 145 cm³/mol. The van der Waals surface area contributed by atoms with Gasteiger partial charge in [-0.1, -0.05) is 37.3 Å². The second-order valence-corrected chi connectivity index (χ2v) is 11.5. The molecule has 0 radical (unpaired) electrons.